The van der Waals surface area contributed by atoms with Crippen LogP contribution < -0.4 is 5.32 Å². The van der Waals surface area contributed by atoms with E-state index in [2.05, 4.69) is 15.3 Å². The predicted octanol–water partition coefficient (Wildman–Crippen LogP) is 0.626. The van der Waals surface area contributed by atoms with Gasteiger partial charge in [0, 0.05) is 49.5 Å². The molecule has 1 fully saturated rings. The van der Waals surface area contributed by atoms with Gasteiger partial charge >= 0.3 is 0 Å². The van der Waals surface area contributed by atoms with Crippen molar-refractivity contribution in [3.05, 3.63) is 23.3 Å². The van der Waals surface area contributed by atoms with Gasteiger partial charge in [0.05, 0.1) is 6.61 Å². The van der Waals surface area contributed by atoms with Gasteiger partial charge in [-0.25, -0.2) is 9.97 Å². The van der Waals surface area contributed by atoms with Crippen LogP contribution in [0.15, 0.2) is 6.20 Å². The summed E-state index contributed by atoms with van der Waals surface area (Å²) < 4.78 is 5.36. The second-order valence-corrected chi connectivity index (χ2v) is 4.19. The SMILES string of the molecule is c1nc(C2CCOC2)nc2c1CNCC2. The molecule has 1 aromatic heterocycles. The maximum absolute atomic E-state index is 5.36. The van der Waals surface area contributed by atoms with Crippen molar-refractivity contribution < 1.29 is 4.74 Å². The molecule has 1 atom stereocenters. The standard InChI is InChI=1S/C11H15N3O/c1-3-12-5-9-6-13-11(14-10(1)9)8-2-4-15-7-8/h6,8,12H,1-5,7H2. The number of rotatable bonds is 1. The van der Waals surface area contributed by atoms with Crippen LogP contribution in [0.2, 0.25) is 0 Å². The molecule has 0 aliphatic carbocycles. The maximum Gasteiger partial charge on any atom is 0.134 e. The second-order valence-electron chi connectivity index (χ2n) is 4.19. The Balaban J connectivity index is 1.89. The molecule has 3 rings (SSSR count). The summed E-state index contributed by atoms with van der Waals surface area (Å²) in [6.07, 6.45) is 4.07. The Kier molecular flexibility index (Phi) is 2.38. The Morgan fingerprint density at radius 1 is 1.47 bits per heavy atom. The Bertz CT molecular complexity index is 361. The lowest BCUT2D eigenvalue weighted by molar-refractivity contribution is 0.193. The van der Waals surface area contributed by atoms with E-state index in [0.29, 0.717) is 5.92 Å². The van der Waals surface area contributed by atoms with E-state index in [9.17, 15) is 0 Å². The molecule has 1 aromatic rings. The van der Waals surface area contributed by atoms with E-state index < -0.39 is 0 Å². The first-order valence-corrected chi connectivity index (χ1v) is 5.56. The second kappa shape index (κ2) is 3.87. The van der Waals surface area contributed by atoms with Crippen molar-refractivity contribution in [2.24, 2.45) is 0 Å². The van der Waals surface area contributed by atoms with Crippen LogP contribution in [0.3, 0.4) is 0 Å². The minimum absolute atomic E-state index is 0.421. The molecule has 4 nitrogen and oxygen atoms in total. The van der Waals surface area contributed by atoms with E-state index in [1.807, 2.05) is 6.20 Å². The van der Waals surface area contributed by atoms with Crippen molar-refractivity contribution in [2.75, 3.05) is 19.8 Å². The zero-order chi connectivity index (χ0) is 10.1. The van der Waals surface area contributed by atoms with Gasteiger partial charge in [0.25, 0.3) is 0 Å². The Morgan fingerprint density at radius 2 is 2.47 bits per heavy atom. The van der Waals surface area contributed by atoms with Crippen LogP contribution in [0, 0.1) is 0 Å². The summed E-state index contributed by atoms with van der Waals surface area (Å²) in [6, 6.07) is 0. The van der Waals surface area contributed by atoms with Crippen LogP contribution >= 0.6 is 0 Å². The van der Waals surface area contributed by atoms with E-state index in [1.54, 1.807) is 0 Å². The molecule has 0 amide bonds. The number of ether oxygens (including phenoxy) is 1. The fraction of sp³-hybridized carbons (Fsp3) is 0.636. The first-order valence-electron chi connectivity index (χ1n) is 5.56. The molecular weight excluding hydrogens is 190 g/mol. The molecule has 80 valence electrons. The summed E-state index contributed by atoms with van der Waals surface area (Å²) in [6.45, 7) is 3.59. The lowest BCUT2D eigenvalue weighted by atomic mass is 10.1. The van der Waals surface area contributed by atoms with Crippen LogP contribution in [-0.2, 0) is 17.7 Å². The number of hydrogen-bond acceptors (Lipinski definition) is 4. The van der Waals surface area contributed by atoms with Crippen molar-refractivity contribution in [3.8, 4) is 0 Å². The highest BCUT2D eigenvalue weighted by Gasteiger charge is 2.22. The molecule has 0 saturated carbocycles. The molecular formula is C11H15N3O. The number of nitrogens with one attached hydrogen (secondary N) is 1. The monoisotopic (exact) mass is 205 g/mol. The van der Waals surface area contributed by atoms with Crippen molar-refractivity contribution in [1.82, 2.24) is 15.3 Å². The minimum atomic E-state index is 0.421. The van der Waals surface area contributed by atoms with Gasteiger partial charge in [-0.1, -0.05) is 0 Å². The summed E-state index contributed by atoms with van der Waals surface area (Å²) in [5.74, 6) is 1.40. The van der Waals surface area contributed by atoms with Gasteiger partial charge in [-0.15, -0.1) is 0 Å². The normalized spacial score (nSPS) is 25.2. The molecule has 3 heterocycles. The molecule has 15 heavy (non-hydrogen) atoms. The molecule has 0 spiro atoms. The molecule has 1 saturated heterocycles. The quantitative estimate of drug-likeness (QED) is 0.730. The smallest absolute Gasteiger partial charge is 0.134 e. The first-order chi connectivity index (χ1) is 7.43. The average molecular weight is 205 g/mol. The van der Waals surface area contributed by atoms with Crippen molar-refractivity contribution >= 4 is 0 Å². The lowest BCUT2D eigenvalue weighted by Crippen LogP contribution is -2.25. The van der Waals surface area contributed by atoms with Gasteiger partial charge in [0.2, 0.25) is 0 Å². The summed E-state index contributed by atoms with van der Waals surface area (Å²) in [4.78, 5) is 9.11. The highest BCUT2D eigenvalue weighted by atomic mass is 16.5. The number of nitrogens with zero attached hydrogens (tertiary/aromatic N) is 2. The molecule has 1 unspecified atom stereocenters. The van der Waals surface area contributed by atoms with E-state index in [-0.39, 0.29) is 0 Å². The van der Waals surface area contributed by atoms with Gasteiger partial charge in [-0.2, -0.15) is 0 Å². The molecule has 2 aliphatic heterocycles. The fourth-order valence-electron chi connectivity index (χ4n) is 2.19. The number of fused-ring (bicyclic) bond motifs is 1. The van der Waals surface area contributed by atoms with E-state index in [0.717, 1.165) is 45.0 Å². The van der Waals surface area contributed by atoms with Crippen molar-refractivity contribution in [2.45, 2.75) is 25.3 Å². The topological polar surface area (TPSA) is 47.0 Å². The van der Waals surface area contributed by atoms with Gasteiger partial charge in [-0.3, -0.25) is 0 Å². The third-order valence-corrected chi connectivity index (χ3v) is 3.12. The van der Waals surface area contributed by atoms with Crippen LogP contribution in [0.4, 0.5) is 0 Å². The van der Waals surface area contributed by atoms with Crippen molar-refractivity contribution in [1.29, 1.82) is 0 Å². The molecule has 0 radical (unpaired) electrons. The third-order valence-electron chi connectivity index (χ3n) is 3.12. The summed E-state index contributed by atoms with van der Waals surface area (Å²) in [7, 11) is 0. The zero-order valence-corrected chi connectivity index (χ0v) is 8.70. The van der Waals surface area contributed by atoms with Gasteiger partial charge < -0.3 is 10.1 Å². The van der Waals surface area contributed by atoms with Crippen LogP contribution in [0.1, 0.15) is 29.4 Å². The first kappa shape index (κ1) is 9.24. The largest absolute Gasteiger partial charge is 0.381 e. The summed E-state index contributed by atoms with van der Waals surface area (Å²) in [5.41, 5.74) is 2.48. The van der Waals surface area contributed by atoms with Crippen LogP contribution in [0.5, 0.6) is 0 Å². The third kappa shape index (κ3) is 1.75. The van der Waals surface area contributed by atoms with Gasteiger partial charge in [-0.05, 0) is 6.42 Å². The van der Waals surface area contributed by atoms with E-state index in [4.69, 9.17) is 4.74 Å². The lowest BCUT2D eigenvalue weighted by Gasteiger charge is -2.17. The summed E-state index contributed by atoms with van der Waals surface area (Å²) in [5, 5.41) is 3.33. The minimum Gasteiger partial charge on any atom is -0.381 e. The Hall–Kier alpha value is -1.00. The zero-order valence-electron chi connectivity index (χ0n) is 8.70. The van der Waals surface area contributed by atoms with Crippen LogP contribution in [-0.4, -0.2) is 29.7 Å². The van der Waals surface area contributed by atoms with Crippen LogP contribution in [0.25, 0.3) is 0 Å². The van der Waals surface area contributed by atoms with Gasteiger partial charge in [0.15, 0.2) is 0 Å². The predicted molar refractivity (Wildman–Crippen MR) is 55.6 cm³/mol. The molecule has 2 aliphatic rings. The highest BCUT2D eigenvalue weighted by Crippen LogP contribution is 2.23. The maximum atomic E-state index is 5.36. The van der Waals surface area contributed by atoms with Crippen molar-refractivity contribution in [3.63, 3.8) is 0 Å². The highest BCUT2D eigenvalue weighted by molar-refractivity contribution is 5.21. The van der Waals surface area contributed by atoms with Gasteiger partial charge in [0.1, 0.15) is 5.82 Å². The molecule has 0 aromatic carbocycles. The Labute approximate surface area is 89.1 Å². The number of hydrogen-bond donors (Lipinski definition) is 1. The number of aromatic nitrogens is 2. The average Bonchev–Trinajstić information content (AvgIpc) is 2.82. The Morgan fingerprint density at radius 3 is 3.33 bits per heavy atom. The summed E-state index contributed by atoms with van der Waals surface area (Å²) >= 11 is 0. The van der Waals surface area contributed by atoms with E-state index in [1.165, 1.54) is 11.3 Å². The molecule has 1 N–H and O–H groups in total. The molecule has 0 bridgehead atoms. The molecule has 4 heteroatoms. The van der Waals surface area contributed by atoms with E-state index >= 15 is 0 Å². The fourth-order valence-corrected chi connectivity index (χ4v) is 2.19.